The summed E-state index contributed by atoms with van der Waals surface area (Å²) in [5, 5.41) is 29.3. The van der Waals surface area contributed by atoms with Gasteiger partial charge in [-0.2, -0.15) is 14.8 Å². The second-order valence-electron chi connectivity index (χ2n) is 9.59. The maximum atomic E-state index is 12.1. The van der Waals surface area contributed by atoms with Gasteiger partial charge in [0.25, 0.3) is 0 Å². The van der Waals surface area contributed by atoms with Gasteiger partial charge in [0.05, 0.1) is 67.1 Å². The van der Waals surface area contributed by atoms with Gasteiger partial charge >= 0.3 is 6.09 Å². The van der Waals surface area contributed by atoms with Gasteiger partial charge in [0, 0.05) is 6.20 Å². The number of aromatic nitrogens is 7. The molecule has 4 heterocycles. The number of hydrogen-bond acceptors (Lipinski definition) is 13. The second kappa shape index (κ2) is 11.3. The van der Waals surface area contributed by atoms with Crippen LogP contribution >= 0.6 is 0 Å². The van der Waals surface area contributed by atoms with Gasteiger partial charge in [-0.15, -0.1) is 0 Å². The molecule has 17 heteroatoms. The molecule has 40 heavy (non-hydrogen) atoms. The van der Waals surface area contributed by atoms with Crippen LogP contribution in [0.25, 0.3) is 16.9 Å². The summed E-state index contributed by atoms with van der Waals surface area (Å²) in [5.74, 6) is 0.447. The number of anilines is 4. The van der Waals surface area contributed by atoms with Crippen molar-refractivity contribution in [2.24, 2.45) is 0 Å². The van der Waals surface area contributed by atoms with Gasteiger partial charge < -0.3 is 20.3 Å². The molecule has 0 bridgehead atoms. The SMILES string of the molecule is CC(C)(C)OC(=O)Nc1ccc(-n2ncc3cnc(Nc4cnc(N(CC(O)CO)S(C)(=O)=O)nc4)nc32)nc1. The predicted molar refractivity (Wildman–Crippen MR) is 145 cm³/mol. The van der Waals surface area contributed by atoms with Crippen LogP contribution in [0.3, 0.4) is 0 Å². The first-order valence-electron chi connectivity index (χ1n) is 11.9. The molecule has 0 fully saturated rings. The van der Waals surface area contributed by atoms with E-state index in [0.29, 0.717) is 28.2 Å². The highest BCUT2D eigenvalue weighted by Gasteiger charge is 2.23. The number of aliphatic hydroxyl groups is 2. The highest BCUT2D eigenvalue weighted by Crippen LogP contribution is 2.20. The molecule has 4 aromatic rings. The first-order chi connectivity index (χ1) is 18.8. The molecule has 0 saturated carbocycles. The summed E-state index contributed by atoms with van der Waals surface area (Å²) < 4.78 is 31.7. The van der Waals surface area contributed by atoms with E-state index >= 15 is 0 Å². The molecule has 0 radical (unpaired) electrons. The third kappa shape index (κ3) is 7.13. The number of aliphatic hydroxyl groups excluding tert-OH is 2. The quantitative estimate of drug-likeness (QED) is 0.222. The summed E-state index contributed by atoms with van der Waals surface area (Å²) >= 11 is 0. The topological polar surface area (TPSA) is 210 Å². The van der Waals surface area contributed by atoms with E-state index in [4.69, 9.17) is 9.84 Å². The summed E-state index contributed by atoms with van der Waals surface area (Å²) in [5.41, 5.74) is 0.610. The van der Waals surface area contributed by atoms with Crippen LogP contribution in [0.2, 0.25) is 0 Å². The van der Waals surface area contributed by atoms with Crippen LogP contribution in [0.1, 0.15) is 20.8 Å². The molecule has 0 saturated heterocycles. The molecular weight excluding hydrogens is 544 g/mol. The number of carbonyl (C=O) groups excluding carboxylic acids is 1. The van der Waals surface area contributed by atoms with Gasteiger partial charge in [0.1, 0.15) is 5.60 Å². The van der Waals surface area contributed by atoms with Crippen molar-refractivity contribution in [3.05, 3.63) is 43.1 Å². The molecule has 0 spiro atoms. The number of pyridine rings is 1. The van der Waals surface area contributed by atoms with Gasteiger partial charge in [0.2, 0.25) is 21.9 Å². The maximum Gasteiger partial charge on any atom is 0.412 e. The van der Waals surface area contributed by atoms with Crippen LogP contribution < -0.4 is 14.9 Å². The van der Waals surface area contributed by atoms with Crippen LogP contribution in [-0.2, 0) is 14.8 Å². The number of hydrogen-bond donors (Lipinski definition) is 4. The van der Waals surface area contributed by atoms with Gasteiger partial charge in [0.15, 0.2) is 11.5 Å². The van der Waals surface area contributed by atoms with E-state index in [1.165, 1.54) is 23.3 Å². The maximum absolute atomic E-state index is 12.1. The highest BCUT2D eigenvalue weighted by molar-refractivity contribution is 7.92. The summed E-state index contributed by atoms with van der Waals surface area (Å²) in [4.78, 5) is 33.2. The number of carbonyl (C=O) groups is 1. The molecule has 4 rings (SSSR count). The molecular formula is C23H28N10O6S. The fourth-order valence-corrected chi connectivity index (χ4v) is 4.14. The minimum Gasteiger partial charge on any atom is -0.444 e. The Hall–Kier alpha value is -4.48. The zero-order valence-corrected chi connectivity index (χ0v) is 22.9. The lowest BCUT2D eigenvalue weighted by Crippen LogP contribution is -2.39. The highest BCUT2D eigenvalue weighted by atomic mass is 32.2. The van der Waals surface area contributed by atoms with Crippen molar-refractivity contribution >= 4 is 50.4 Å². The summed E-state index contributed by atoms with van der Waals surface area (Å²) in [6.45, 7) is 4.28. The average Bonchev–Trinajstić information content (AvgIpc) is 3.29. The number of nitrogens with one attached hydrogen (secondary N) is 2. The van der Waals surface area contributed by atoms with Crippen molar-refractivity contribution in [3.8, 4) is 5.82 Å². The summed E-state index contributed by atoms with van der Waals surface area (Å²) in [6, 6.07) is 3.31. The Morgan fingerprint density at radius 3 is 2.38 bits per heavy atom. The van der Waals surface area contributed by atoms with Crippen LogP contribution in [0.4, 0.5) is 28.1 Å². The van der Waals surface area contributed by atoms with Crippen LogP contribution in [0, 0.1) is 0 Å². The van der Waals surface area contributed by atoms with Crippen LogP contribution in [-0.4, -0.2) is 90.5 Å². The third-order valence-corrected chi connectivity index (χ3v) is 6.14. The van der Waals surface area contributed by atoms with E-state index in [-0.39, 0.29) is 11.9 Å². The van der Waals surface area contributed by atoms with E-state index < -0.39 is 41.0 Å². The average molecular weight is 573 g/mol. The van der Waals surface area contributed by atoms with Crippen LogP contribution in [0.15, 0.2) is 43.1 Å². The number of rotatable bonds is 9. The van der Waals surface area contributed by atoms with Gasteiger partial charge in [-0.25, -0.2) is 37.5 Å². The Labute approximate surface area is 229 Å². The molecule has 4 aromatic heterocycles. The van der Waals surface area contributed by atoms with Crippen molar-refractivity contribution in [1.82, 2.24) is 34.7 Å². The van der Waals surface area contributed by atoms with Crippen molar-refractivity contribution in [2.75, 3.05) is 34.3 Å². The molecule has 0 aliphatic heterocycles. The van der Waals surface area contributed by atoms with Crippen LogP contribution in [0.5, 0.6) is 0 Å². The summed E-state index contributed by atoms with van der Waals surface area (Å²) in [6.07, 6.45) is 6.30. The summed E-state index contributed by atoms with van der Waals surface area (Å²) in [7, 11) is -3.81. The smallest absolute Gasteiger partial charge is 0.412 e. The third-order valence-electron chi connectivity index (χ3n) is 5.02. The Balaban J connectivity index is 1.51. The number of ether oxygens (including phenoxy) is 1. The standard InChI is InChI=1S/C23H28N10O6S/c1-23(2,3)39-22(36)30-15-5-6-18(24-9-15)33-19-14(8-28-33)7-25-20(31-19)29-16-10-26-21(27-11-16)32(40(4,37)38)12-17(35)13-34/h5-11,17,34-35H,12-13H2,1-4H3,(H,30,36)(H,25,29,31). The lowest BCUT2D eigenvalue weighted by Gasteiger charge is -2.22. The first-order valence-corrected chi connectivity index (χ1v) is 13.7. The Morgan fingerprint density at radius 1 is 1.07 bits per heavy atom. The van der Waals surface area contributed by atoms with Crippen molar-refractivity contribution in [3.63, 3.8) is 0 Å². The number of fused-ring (bicyclic) bond motifs is 1. The second-order valence-corrected chi connectivity index (χ2v) is 11.5. The number of nitrogens with zero attached hydrogens (tertiary/aromatic N) is 8. The Kier molecular flexibility index (Phi) is 8.08. The van der Waals surface area contributed by atoms with Gasteiger partial charge in [-0.1, -0.05) is 0 Å². The molecule has 0 aliphatic rings. The van der Waals surface area contributed by atoms with E-state index in [2.05, 4.69) is 40.7 Å². The zero-order chi connectivity index (χ0) is 29.1. The van der Waals surface area contributed by atoms with Gasteiger partial charge in [-0.3, -0.25) is 5.32 Å². The molecule has 0 aromatic carbocycles. The molecule has 1 unspecified atom stereocenters. The lowest BCUT2D eigenvalue weighted by atomic mass is 10.2. The van der Waals surface area contributed by atoms with Gasteiger partial charge in [-0.05, 0) is 32.9 Å². The predicted octanol–water partition coefficient (Wildman–Crippen LogP) is 1.21. The molecule has 16 nitrogen and oxygen atoms in total. The van der Waals surface area contributed by atoms with Crippen molar-refractivity contribution < 1.29 is 28.2 Å². The largest absolute Gasteiger partial charge is 0.444 e. The molecule has 1 atom stereocenters. The Morgan fingerprint density at radius 2 is 1.77 bits per heavy atom. The fourth-order valence-electron chi connectivity index (χ4n) is 3.31. The monoisotopic (exact) mass is 572 g/mol. The van der Waals surface area contributed by atoms with E-state index in [1.807, 2.05) is 0 Å². The first kappa shape index (κ1) is 28.5. The normalized spacial score (nSPS) is 12.7. The minimum absolute atomic E-state index is 0.175. The minimum atomic E-state index is -3.81. The fraction of sp³-hybridized carbons (Fsp3) is 0.348. The Bertz CT molecular complexity index is 1590. The molecule has 4 N–H and O–H groups in total. The van der Waals surface area contributed by atoms with E-state index in [0.717, 1.165) is 10.6 Å². The number of amides is 1. The molecule has 212 valence electrons. The van der Waals surface area contributed by atoms with Crippen molar-refractivity contribution in [1.29, 1.82) is 0 Å². The lowest BCUT2D eigenvalue weighted by molar-refractivity contribution is 0.0636. The van der Waals surface area contributed by atoms with E-state index in [9.17, 15) is 18.3 Å². The zero-order valence-electron chi connectivity index (χ0n) is 22.0. The number of sulfonamides is 1. The molecule has 1 amide bonds. The molecule has 0 aliphatic carbocycles. The van der Waals surface area contributed by atoms with E-state index in [1.54, 1.807) is 45.3 Å². The van der Waals surface area contributed by atoms with Crippen molar-refractivity contribution in [2.45, 2.75) is 32.5 Å².